The van der Waals surface area contributed by atoms with Crippen molar-refractivity contribution in [3.05, 3.63) is 71.8 Å². The molecule has 0 radical (unpaired) electrons. The summed E-state index contributed by atoms with van der Waals surface area (Å²) < 4.78 is 17.9. The average molecular weight is 426 g/mol. The molecule has 2 heterocycles. The fourth-order valence-corrected chi connectivity index (χ4v) is 4.74. The molecule has 30 heavy (non-hydrogen) atoms. The predicted octanol–water partition coefficient (Wildman–Crippen LogP) is 4.11. The molecule has 0 spiro atoms. The van der Waals surface area contributed by atoms with E-state index in [0.29, 0.717) is 17.5 Å². The maximum absolute atomic E-state index is 12.8. The number of nitrogens with zero attached hydrogens (tertiary/aromatic N) is 1. The summed E-state index contributed by atoms with van der Waals surface area (Å²) in [4.78, 5) is 30.2. The van der Waals surface area contributed by atoms with Gasteiger partial charge in [-0.1, -0.05) is 55.1 Å². The highest BCUT2D eigenvalue weighted by Crippen LogP contribution is 2.39. The number of esters is 2. The summed E-state index contributed by atoms with van der Waals surface area (Å²) in [6.07, 6.45) is -1.29. The van der Waals surface area contributed by atoms with Crippen molar-refractivity contribution >= 4 is 28.7 Å². The van der Waals surface area contributed by atoms with Gasteiger partial charge in [-0.15, -0.1) is 0 Å². The minimum absolute atomic E-state index is 0.268. The Bertz CT molecular complexity index is 933. The van der Waals surface area contributed by atoms with Gasteiger partial charge in [0.2, 0.25) is 0 Å². The van der Waals surface area contributed by atoms with Crippen LogP contribution in [0.25, 0.3) is 0 Å². The Morgan fingerprint density at radius 2 is 1.47 bits per heavy atom. The van der Waals surface area contributed by atoms with E-state index in [1.807, 2.05) is 26.0 Å². The van der Waals surface area contributed by atoms with Gasteiger partial charge in [0, 0.05) is 0 Å². The lowest BCUT2D eigenvalue weighted by atomic mass is 9.96. The maximum atomic E-state index is 12.8. The second kappa shape index (κ2) is 9.02. The summed E-state index contributed by atoms with van der Waals surface area (Å²) >= 11 is 1.51. The highest BCUT2D eigenvalue weighted by Gasteiger charge is 2.52. The molecule has 2 aromatic rings. The SMILES string of the molecule is CC[C@H]1O[C@@H]2SC(C)=N[C@@H]2[C@@H](OC(=O)c2ccccc2)[C@@H]1OC(=O)c1ccccc1. The van der Waals surface area contributed by atoms with E-state index in [0.717, 1.165) is 5.04 Å². The van der Waals surface area contributed by atoms with Gasteiger partial charge < -0.3 is 14.2 Å². The molecule has 6 nitrogen and oxygen atoms in total. The van der Waals surface area contributed by atoms with Crippen molar-refractivity contribution in [2.45, 2.75) is 50.1 Å². The fourth-order valence-electron chi connectivity index (χ4n) is 3.67. The lowest BCUT2D eigenvalue weighted by Gasteiger charge is -2.41. The molecule has 1 saturated heterocycles. The average Bonchev–Trinajstić information content (AvgIpc) is 3.16. The van der Waals surface area contributed by atoms with Crippen molar-refractivity contribution in [3.8, 4) is 0 Å². The minimum atomic E-state index is -0.758. The number of carbonyl (C=O) groups excluding carboxylic acids is 2. The van der Waals surface area contributed by atoms with Crippen LogP contribution in [0.1, 0.15) is 41.0 Å². The summed E-state index contributed by atoms with van der Waals surface area (Å²) in [5.41, 5.74) is 0.603. The number of fused-ring (bicyclic) bond motifs is 1. The van der Waals surface area contributed by atoms with Crippen LogP contribution in [0.15, 0.2) is 65.7 Å². The third-order valence-electron chi connectivity index (χ3n) is 5.14. The smallest absolute Gasteiger partial charge is 0.338 e. The van der Waals surface area contributed by atoms with E-state index in [4.69, 9.17) is 14.2 Å². The van der Waals surface area contributed by atoms with Crippen molar-refractivity contribution in [3.63, 3.8) is 0 Å². The van der Waals surface area contributed by atoms with Crippen LogP contribution in [0, 0.1) is 0 Å². The van der Waals surface area contributed by atoms with E-state index in [2.05, 4.69) is 4.99 Å². The summed E-state index contributed by atoms with van der Waals surface area (Å²) in [7, 11) is 0. The molecule has 0 unspecified atom stereocenters. The zero-order valence-electron chi connectivity index (χ0n) is 16.8. The molecule has 0 amide bonds. The third-order valence-corrected chi connectivity index (χ3v) is 6.21. The van der Waals surface area contributed by atoms with Crippen LogP contribution >= 0.6 is 11.8 Å². The Kier molecular flexibility index (Phi) is 6.20. The van der Waals surface area contributed by atoms with Gasteiger partial charge in [0.25, 0.3) is 0 Å². The Balaban J connectivity index is 1.62. The molecule has 0 N–H and O–H groups in total. The number of benzene rings is 2. The number of ether oxygens (including phenoxy) is 3. The highest BCUT2D eigenvalue weighted by molar-refractivity contribution is 8.14. The van der Waals surface area contributed by atoms with E-state index in [1.54, 1.807) is 48.5 Å². The first-order valence-corrected chi connectivity index (χ1v) is 10.8. The molecule has 2 aliphatic rings. The number of aliphatic imine (C=N–C) groups is 1. The van der Waals surface area contributed by atoms with Crippen LogP contribution in [-0.4, -0.2) is 46.8 Å². The Labute approximate surface area is 179 Å². The largest absolute Gasteiger partial charge is 0.452 e. The molecular formula is C23H23NO5S. The lowest BCUT2D eigenvalue weighted by Crippen LogP contribution is -2.57. The van der Waals surface area contributed by atoms with E-state index in [9.17, 15) is 9.59 Å². The first-order valence-electron chi connectivity index (χ1n) is 9.95. The van der Waals surface area contributed by atoms with Crippen molar-refractivity contribution < 1.29 is 23.8 Å². The zero-order valence-corrected chi connectivity index (χ0v) is 17.6. The first kappa shape index (κ1) is 20.6. The molecule has 4 rings (SSSR count). The molecule has 2 aliphatic heterocycles. The van der Waals surface area contributed by atoms with Crippen LogP contribution in [0.2, 0.25) is 0 Å². The first-order chi connectivity index (χ1) is 14.6. The zero-order chi connectivity index (χ0) is 21.1. The predicted molar refractivity (Wildman–Crippen MR) is 115 cm³/mol. The van der Waals surface area contributed by atoms with Crippen LogP contribution in [-0.2, 0) is 14.2 Å². The lowest BCUT2D eigenvalue weighted by molar-refractivity contribution is -0.158. The van der Waals surface area contributed by atoms with E-state index < -0.39 is 36.3 Å². The molecule has 0 bridgehead atoms. The fraction of sp³-hybridized carbons (Fsp3) is 0.348. The summed E-state index contributed by atoms with van der Waals surface area (Å²) in [6, 6.07) is 17.1. The van der Waals surface area contributed by atoms with Gasteiger partial charge in [-0.3, -0.25) is 4.99 Å². The van der Waals surface area contributed by atoms with Crippen LogP contribution < -0.4 is 0 Å². The molecule has 5 atom stereocenters. The number of hydrogen-bond donors (Lipinski definition) is 0. The Morgan fingerprint density at radius 3 is 2.00 bits per heavy atom. The van der Waals surface area contributed by atoms with Gasteiger partial charge in [-0.2, -0.15) is 0 Å². The number of hydrogen-bond acceptors (Lipinski definition) is 7. The Hall–Kier alpha value is -2.64. The van der Waals surface area contributed by atoms with E-state index in [1.165, 1.54) is 11.8 Å². The van der Waals surface area contributed by atoms with E-state index >= 15 is 0 Å². The summed E-state index contributed by atoms with van der Waals surface area (Å²) in [5.74, 6) is -0.949. The van der Waals surface area contributed by atoms with Crippen molar-refractivity contribution in [1.29, 1.82) is 0 Å². The number of thioether (sulfide) groups is 1. The van der Waals surface area contributed by atoms with Crippen molar-refractivity contribution in [2.24, 2.45) is 4.99 Å². The number of carbonyl (C=O) groups is 2. The van der Waals surface area contributed by atoms with Crippen LogP contribution in [0.4, 0.5) is 0 Å². The van der Waals surface area contributed by atoms with Crippen LogP contribution in [0.5, 0.6) is 0 Å². The molecule has 0 aromatic heterocycles. The molecule has 7 heteroatoms. The molecule has 2 aromatic carbocycles. The van der Waals surface area contributed by atoms with Crippen LogP contribution in [0.3, 0.4) is 0 Å². The Morgan fingerprint density at radius 1 is 0.933 bits per heavy atom. The topological polar surface area (TPSA) is 74.2 Å². The quantitative estimate of drug-likeness (QED) is 0.672. The monoisotopic (exact) mass is 425 g/mol. The van der Waals surface area contributed by atoms with Crippen molar-refractivity contribution in [2.75, 3.05) is 0 Å². The van der Waals surface area contributed by atoms with Gasteiger partial charge in [0.1, 0.15) is 11.5 Å². The maximum Gasteiger partial charge on any atom is 0.338 e. The van der Waals surface area contributed by atoms with Gasteiger partial charge in [0.05, 0.1) is 22.3 Å². The standard InChI is InChI=1S/C23H23NO5S/c1-3-17-19(28-21(25)15-10-6-4-7-11-15)20(18-23(27-17)30-14(2)24-18)29-22(26)16-12-8-5-9-13-16/h4-13,17-20,23H,3H2,1-2H3/t17-,18-,19-,20-,23-/m1/s1. The minimum Gasteiger partial charge on any atom is -0.452 e. The highest BCUT2D eigenvalue weighted by atomic mass is 32.2. The number of rotatable bonds is 5. The van der Waals surface area contributed by atoms with Crippen molar-refractivity contribution in [1.82, 2.24) is 0 Å². The van der Waals surface area contributed by atoms with Gasteiger partial charge >= 0.3 is 11.9 Å². The van der Waals surface area contributed by atoms with E-state index in [-0.39, 0.29) is 5.44 Å². The second-order valence-corrected chi connectivity index (χ2v) is 8.47. The molecule has 156 valence electrons. The molecular weight excluding hydrogens is 402 g/mol. The van der Waals surface area contributed by atoms with Gasteiger partial charge in [-0.25, -0.2) is 9.59 Å². The molecule has 1 fully saturated rings. The molecule has 0 aliphatic carbocycles. The van der Waals surface area contributed by atoms with Gasteiger partial charge in [-0.05, 0) is 37.6 Å². The summed E-state index contributed by atoms with van der Waals surface area (Å²) in [5, 5.41) is 0.857. The second-order valence-electron chi connectivity index (χ2n) is 7.18. The van der Waals surface area contributed by atoms with Gasteiger partial charge in [0.15, 0.2) is 12.2 Å². The molecule has 0 saturated carbocycles. The normalized spacial score (nSPS) is 27.7. The third kappa shape index (κ3) is 4.27. The summed E-state index contributed by atoms with van der Waals surface area (Å²) in [6.45, 7) is 3.85.